The number of rotatable bonds is 4. The van der Waals surface area contributed by atoms with E-state index in [9.17, 15) is 4.79 Å². The minimum absolute atomic E-state index is 0.0590. The van der Waals surface area contributed by atoms with E-state index in [1.807, 2.05) is 43.3 Å². The number of ether oxygens (including phenoxy) is 1. The van der Waals surface area contributed by atoms with Gasteiger partial charge in [0, 0.05) is 0 Å². The predicted molar refractivity (Wildman–Crippen MR) is 82.3 cm³/mol. The van der Waals surface area contributed by atoms with Crippen LogP contribution in [0.1, 0.15) is 29.2 Å². The SMILES string of the molecule is Cc1ccccc1OCC(=O)N[C@H]1CCc2ccccc21. The summed E-state index contributed by atoms with van der Waals surface area (Å²) in [5, 5.41) is 3.06. The maximum atomic E-state index is 12.1. The first-order valence-corrected chi connectivity index (χ1v) is 7.29. The lowest BCUT2D eigenvalue weighted by atomic mass is 10.1. The molecule has 1 amide bonds. The largest absolute Gasteiger partial charge is 0.484 e. The monoisotopic (exact) mass is 281 g/mol. The van der Waals surface area contributed by atoms with Crippen LogP contribution in [0.4, 0.5) is 0 Å². The van der Waals surface area contributed by atoms with Crippen molar-refractivity contribution in [1.29, 1.82) is 0 Å². The van der Waals surface area contributed by atoms with E-state index >= 15 is 0 Å². The number of carbonyl (C=O) groups is 1. The fourth-order valence-electron chi connectivity index (χ4n) is 2.80. The molecule has 0 heterocycles. The number of aryl methyl sites for hydroxylation is 2. The Labute approximate surface area is 124 Å². The Morgan fingerprint density at radius 3 is 2.81 bits per heavy atom. The number of carbonyl (C=O) groups excluding carboxylic acids is 1. The highest BCUT2D eigenvalue weighted by Crippen LogP contribution is 2.30. The minimum Gasteiger partial charge on any atom is -0.484 e. The van der Waals surface area contributed by atoms with Crippen LogP contribution in [-0.2, 0) is 11.2 Å². The Morgan fingerprint density at radius 1 is 1.19 bits per heavy atom. The molecule has 3 nitrogen and oxygen atoms in total. The average molecular weight is 281 g/mol. The highest BCUT2D eigenvalue weighted by Gasteiger charge is 2.23. The number of benzene rings is 2. The van der Waals surface area contributed by atoms with Gasteiger partial charge in [0.1, 0.15) is 5.75 Å². The van der Waals surface area contributed by atoms with Crippen LogP contribution in [0.2, 0.25) is 0 Å². The molecular formula is C18H19NO2. The van der Waals surface area contributed by atoms with Gasteiger partial charge in [-0.2, -0.15) is 0 Å². The quantitative estimate of drug-likeness (QED) is 0.934. The molecule has 0 saturated carbocycles. The molecular weight excluding hydrogens is 262 g/mol. The number of amides is 1. The summed E-state index contributed by atoms with van der Waals surface area (Å²) in [6, 6.07) is 16.1. The molecule has 0 unspecified atom stereocenters. The van der Waals surface area contributed by atoms with Crippen molar-refractivity contribution in [3.05, 3.63) is 65.2 Å². The van der Waals surface area contributed by atoms with Crippen molar-refractivity contribution in [3.8, 4) is 5.75 Å². The number of hydrogen-bond donors (Lipinski definition) is 1. The molecule has 0 bridgehead atoms. The van der Waals surface area contributed by atoms with Gasteiger partial charge in [-0.25, -0.2) is 0 Å². The first-order valence-electron chi connectivity index (χ1n) is 7.29. The second kappa shape index (κ2) is 6.00. The van der Waals surface area contributed by atoms with Crippen molar-refractivity contribution in [3.63, 3.8) is 0 Å². The third-order valence-corrected chi connectivity index (χ3v) is 3.92. The summed E-state index contributed by atoms with van der Waals surface area (Å²) in [7, 11) is 0. The van der Waals surface area contributed by atoms with Crippen LogP contribution in [0.15, 0.2) is 48.5 Å². The summed E-state index contributed by atoms with van der Waals surface area (Å²) in [6.07, 6.45) is 2.00. The van der Waals surface area contributed by atoms with Crippen molar-refractivity contribution in [2.24, 2.45) is 0 Å². The topological polar surface area (TPSA) is 38.3 Å². The van der Waals surface area contributed by atoms with Crippen LogP contribution in [0.25, 0.3) is 0 Å². The van der Waals surface area contributed by atoms with Crippen molar-refractivity contribution >= 4 is 5.91 Å². The van der Waals surface area contributed by atoms with E-state index in [4.69, 9.17) is 4.74 Å². The van der Waals surface area contributed by atoms with E-state index in [1.165, 1.54) is 11.1 Å². The molecule has 0 spiro atoms. The van der Waals surface area contributed by atoms with Crippen LogP contribution in [-0.4, -0.2) is 12.5 Å². The zero-order valence-corrected chi connectivity index (χ0v) is 12.1. The molecule has 108 valence electrons. The van der Waals surface area contributed by atoms with Crippen LogP contribution in [0, 0.1) is 6.92 Å². The smallest absolute Gasteiger partial charge is 0.258 e. The van der Waals surface area contributed by atoms with Crippen molar-refractivity contribution in [2.75, 3.05) is 6.61 Å². The lowest BCUT2D eigenvalue weighted by Gasteiger charge is -2.15. The summed E-state index contributed by atoms with van der Waals surface area (Å²) in [5.74, 6) is 0.694. The Kier molecular flexibility index (Phi) is 3.91. The molecule has 1 atom stereocenters. The summed E-state index contributed by atoms with van der Waals surface area (Å²) in [4.78, 5) is 12.1. The summed E-state index contributed by atoms with van der Waals surface area (Å²) < 4.78 is 5.58. The Hall–Kier alpha value is -2.29. The molecule has 3 rings (SSSR count). The lowest BCUT2D eigenvalue weighted by Crippen LogP contribution is -2.31. The zero-order valence-electron chi connectivity index (χ0n) is 12.1. The van der Waals surface area contributed by atoms with Crippen LogP contribution in [0.3, 0.4) is 0 Å². The maximum Gasteiger partial charge on any atom is 0.258 e. The van der Waals surface area contributed by atoms with Gasteiger partial charge < -0.3 is 10.1 Å². The second-order valence-corrected chi connectivity index (χ2v) is 5.41. The zero-order chi connectivity index (χ0) is 14.7. The molecule has 2 aromatic rings. The third-order valence-electron chi connectivity index (χ3n) is 3.92. The fourth-order valence-corrected chi connectivity index (χ4v) is 2.80. The number of hydrogen-bond acceptors (Lipinski definition) is 2. The molecule has 0 fully saturated rings. The maximum absolute atomic E-state index is 12.1. The minimum atomic E-state index is -0.0695. The van der Waals surface area contributed by atoms with E-state index < -0.39 is 0 Å². The van der Waals surface area contributed by atoms with E-state index in [0.29, 0.717) is 0 Å². The second-order valence-electron chi connectivity index (χ2n) is 5.41. The molecule has 3 heteroatoms. The summed E-state index contributed by atoms with van der Waals surface area (Å²) in [5.41, 5.74) is 3.61. The van der Waals surface area contributed by atoms with Gasteiger partial charge in [-0.1, -0.05) is 42.5 Å². The number of para-hydroxylation sites is 1. The lowest BCUT2D eigenvalue weighted by molar-refractivity contribution is -0.123. The predicted octanol–water partition coefficient (Wildman–Crippen LogP) is 3.18. The first-order chi connectivity index (χ1) is 10.2. The first kappa shape index (κ1) is 13.7. The van der Waals surface area contributed by atoms with Gasteiger partial charge in [0.25, 0.3) is 5.91 Å². The van der Waals surface area contributed by atoms with E-state index in [1.54, 1.807) is 0 Å². The molecule has 2 aromatic carbocycles. The van der Waals surface area contributed by atoms with Gasteiger partial charge in [0.15, 0.2) is 6.61 Å². The van der Waals surface area contributed by atoms with Crippen LogP contribution >= 0.6 is 0 Å². The number of fused-ring (bicyclic) bond motifs is 1. The Morgan fingerprint density at radius 2 is 1.95 bits per heavy atom. The molecule has 0 saturated heterocycles. The molecule has 1 aliphatic rings. The Bertz CT molecular complexity index is 651. The van der Waals surface area contributed by atoms with Crippen molar-refractivity contribution < 1.29 is 9.53 Å². The highest BCUT2D eigenvalue weighted by atomic mass is 16.5. The standard InChI is InChI=1S/C18H19NO2/c1-13-6-2-5-9-17(13)21-12-18(20)19-16-11-10-14-7-3-4-8-15(14)16/h2-9,16H,10-12H2,1H3,(H,19,20)/t16-/m0/s1. The molecule has 0 aliphatic heterocycles. The average Bonchev–Trinajstić information content (AvgIpc) is 2.90. The molecule has 0 aromatic heterocycles. The molecule has 1 aliphatic carbocycles. The third kappa shape index (κ3) is 3.07. The van der Waals surface area contributed by atoms with Crippen LogP contribution in [0.5, 0.6) is 5.75 Å². The highest BCUT2D eigenvalue weighted by molar-refractivity contribution is 5.78. The Balaban J connectivity index is 1.57. The van der Waals surface area contributed by atoms with Gasteiger partial charge in [-0.05, 0) is 42.5 Å². The van der Waals surface area contributed by atoms with Gasteiger partial charge in [0.2, 0.25) is 0 Å². The van der Waals surface area contributed by atoms with Crippen molar-refractivity contribution in [2.45, 2.75) is 25.8 Å². The van der Waals surface area contributed by atoms with Crippen molar-refractivity contribution in [1.82, 2.24) is 5.32 Å². The van der Waals surface area contributed by atoms with Gasteiger partial charge in [-0.3, -0.25) is 4.79 Å². The molecule has 1 N–H and O–H groups in total. The van der Waals surface area contributed by atoms with Gasteiger partial charge in [0.05, 0.1) is 6.04 Å². The van der Waals surface area contributed by atoms with E-state index in [2.05, 4.69) is 17.4 Å². The van der Waals surface area contributed by atoms with Gasteiger partial charge >= 0.3 is 0 Å². The summed E-state index contributed by atoms with van der Waals surface area (Å²) >= 11 is 0. The van der Waals surface area contributed by atoms with E-state index in [0.717, 1.165) is 24.2 Å². The van der Waals surface area contributed by atoms with Gasteiger partial charge in [-0.15, -0.1) is 0 Å². The molecule has 21 heavy (non-hydrogen) atoms. The fraction of sp³-hybridized carbons (Fsp3) is 0.278. The summed E-state index contributed by atoms with van der Waals surface area (Å²) in [6.45, 7) is 2.03. The van der Waals surface area contributed by atoms with E-state index in [-0.39, 0.29) is 18.6 Å². The molecule has 0 radical (unpaired) electrons. The van der Waals surface area contributed by atoms with Crippen LogP contribution < -0.4 is 10.1 Å². The normalized spacial score (nSPS) is 16.3. The number of nitrogens with one attached hydrogen (secondary N) is 1.